The Labute approximate surface area is 186 Å². The Morgan fingerprint density at radius 1 is 0.903 bits per heavy atom. The number of carbonyl (C=O) groups is 2. The fraction of sp³-hybridized carbons (Fsp3) is 0.375. The maximum absolute atomic E-state index is 13.0. The fourth-order valence-corrected chi connectivity index (χ4v) is 5.39. The zero-order valence-electron chi connectivity index (χ0n) is 17.5. The first kappa shape index (κ1) is 20.1. The summed E-state index contributed by atoms with van der Waals surface area (Å²) in [6, 6.07) is 16.0. The lowest BCUT2D eigenvalue weighted by atomic mass is 10.1. The number of nitrogens with zero attached hydrogens (tertiary/aromatic N) is 4. The van der Waals surface area contributed by atoms with Gasteiger partial charge in [-0.2, -0.15) is 0 Å². The first-order valence-corrected chi connectivity index (χ1v) is 11.9. The van der Waals surface area contributed by atoms with Gasteiger partial charge in [-0.15, -0.1) is 0 Å². The molecule has 0 N–H and O–H groups in total. The van der Waals surface area contributed by atoms with E-state index in [1.165, 1.54) is 23.7 Å². The number of aromatic nitrogens is 2. The molecule has 0 aliphatic carbocycles. The normalized spacial score (nSPS) is 16.0. The predicted molar refractivity (Wildman–Crippen MR) is 123 cm³/mol. The van der Waals surface area contributed by atoms with E-state index in [-0.39, 0.29) is 18.4 Å². The second-order valence-corrected chi connectivity index (χ2v) is 9.07. The average molecular weight is 435 g/mol. The highest BCUT2D eigenvalue weighted by Gasteiger charge is 2.25. The molecule has 0 spiro atoms. The number of carbonyl (C=O) groups excluding carboxylic acids is 2. The van der Waals surface area contributed by atoms with Gasteiger partial charge < -0.3 is 14.4 Å². The highest BCUT2D eigenvalue weighted by molar-refractivity contribution is 7.99. The number of benzene rings is 2. The number of thioether (sulfide) groups is 1. The molecule has 0 bridgehead atoms. The van der Waals surface area contributed by atoms with Gasteiger partial charge in [0.25, 0.3) is 0 Å². The van der Waals surface area contributed by atoms with Crippen LogP contribution in [0.5, 0.6) is 0 Å². The number of hydrogen-bond acceptors (Lipinski definition) is 4. The number of imidazole rings is 1. The Balaban J connectivity index is 1.34. The van der Waals surface area contributed by atoms with E-state index in [1.807, 2.05) is 56.8 Å². The number of piperidine rings is 1. The lowest BCUT2D eigenvalue weighted by molar-refractivity contribution is -0.132. The van der Waals surface area contributed by atoms with E-state index in [1.54, 1.807) is 0 Å². The van der Waals surface area contributed by atoms with Gasteiger partial charge in [-0.05, 0) is 49.4 Å². The van der Waals surface area contributed by atoms with Crippen molar-refractivity contribution in [1.82, 2.24) is 14.5 Å². The lowest BCUT2D eigenvalue weighted by Crippen LogP contribution is -2.37. The maximum Gasteiger partial charge on any atom is 0.242 e. The number of hydrogen-bond donors (Lipinski definition) is 0. The molecule has 0 atom stereocenters. The number of amides is 2. The molecule has 2 aliphatic rings. The number of likely N-dealkylation sites (tertiary alicyclic amines) is 1. The van der Waals surface area contributed by atoms with Crippen molar-refractivity contribution in [3.63, 3.8) is 0 Å². The zero-order valence-corrected chi connectivity index (χ0v) is 18.3. The molecule has 2 amide bonds. The lowest BCUT2D eigenvalue weighted by Gasteiger charge is -2.27. The third-order valence-corrected chi connectivity index (χ3v) is 7.10. The molecule has 0 saturated carbocycles. The number of para-hydroxylation sites is 3. The SMILES string of the molecule is O=C(Cn1c(SCC(=O)N2CCc3ccccc32)nc2ccccc21)N1CCCCC1. The van der Waals surface area contributed by atoms with Crippen LogP contribution in [0.15, 0.2) is 53.7 Å². The second kappa shape index (κ2) is 8.75. The summed E-state index contributed by atoms with van der Waals surface area (Å²) in [5, 5.41) is 0.729. The molecule has 1 aromatic heterocycles. The Bertz CT molecular complexity index is 1120. The third kappa shape index (κ3) is 4.06. The first-order chi connectivity index (χ1) is 15.2. The minimum absolute atomic E-state index is 0.0795. The number of rotatable bonds is 5. The van der Waals surface area contributed by atoms with E-state index in [0.29, 0.717) is 5.75 Å². The molecule has 6 nitrogen and oxygen atoms in total. The van der Waals surface area contributed by atoms with Crippen molar-refractivity contribution in [3.8, 4) is 0 Å². The Kier molecular flexibility index (Phi) is 5.68. The molecule has 3 aromatic rings. The van der Waals surface area contributed by atoms with E-state index >= 15 is 0 Å². The van der Waals surface area contributed by atoms with Crippen LogP contribution in [-0.2, 0) is 22.6 Å². The summed E-state index contributed by atoms with van der Waals surface area (Å²) in [5.74, 6) is 0.510. The Morgan fingerprint density at radius 2 is 1.68 bits per heavy atom. The molecule has 31 heavy (non-hydrogen) atoms. The minimum atomic E-state index is 0.0795. The standard InChI is InChI=1S/C24H26N4O2S/c29-22(26-13-6-1-7-14-26)16-28-21-11-5-3-9-19(21)25-24(28)31-17-23(30)27-15-12-18-8-2-4-10-20(18)27/h2-5,8-11H,1,6-7,12-17H2. The van der Waals surface area contributed by atoms with Crippen molar-refractivity contribution in [2.45, 2.75) is 37.4 Å². The van der Waals surface area contributed by atoms with Crippen molar-refractivity contribution in [2.75, 3.05) is 30.3 Å². The summed E-state index contributed by atoms with van der Waals surface area (Å²) in [7, 11) is 0. The van der Waals surface area contributed by atoms with Gasteiger partial charge in [0.15, 0.2) is 5.16 Å². The smallest absolute Gasteiger partial charge is 0.242 e. The van der Waals surface area contributed by atoms with Crippen LogP contribution >= 0.6 is 11.8 Å². The summed E-state index contributed by atoms with van der Waals surface area (Å²) < 4.78 is 1.97. The van der Waals surface area contributed by atoms with E-state index in [9.17, 15) is 9.59 Å². The molecule has 7 heteroatoms. The summed E-state index contributed by atoms with van der Waals surface area (Å²) in [5.41, 5.74) is 4.03. The van der Waals surface area contributed by atoms with Gasteiger partial charge in [-0.1, -0.05) is 42.1 Å². The van der Waals surface area contributed by atoms with Crippen LogP contribution in [0.2, 0.25) is 0 Å². The van der Waals surface area contributed by atoms with Crippen molar-refractivity contribution in [3.05, 3.63) is 54.1 Å². The van der Waals surface area contributed by atoms with Crippen LogP contribution in [0, 0.1) is 0 Å². The van der Waals surface area contributed by atoms with Gasteiger partial charge in [0.05, 0.1) is 16.8 Å². The molecular weight excluding hydrogens is 408 g/mol. The zero-order chi connectivity index (χ0) is 21.2. The van der Waals surface area contributed by atoms with E-state index in [2.05, 4.69) is 6.07 Å². The predicted octanol–water partition coefficient (Wildman–Crippen LogP) is 3.73. The van der Waals surface area contributed by atoms with E-state index in [0.717, 1.165) is 60.8 Å². The van der Waals surface area contributed by atoms with Crippen LogP contribution < -0.4 is 4.90 Å². The highest BCUT2D eigenvalue weighted by atomic mass is 32.2. The fourth-order valence-electron chi connectivity index (χ4n) is 4.50. The van der Waals surface area contributed by atoms with Crippen LogP contribution in [-0.4, -0.2) is 51.7 Å². The number of anilines is 1. The molecule has 5 rings (SSSR count). The summed E-state index contributed by atoms with van der Waals surface area (Å²) in [6.45, 7) is 2.66. The van der Waals surface area contributed by atoms with Crippen molar-refractivity contribution >= 4 is 40.3 Å². The van der Waals surface area contributed by atoms with Gasteiger partial charge in [-0.25, -0.2) is 4.98 Å². The largest absolute Gasteiger partial charge is 0.341 e. The minimum Gasteiger partial charge on any atom is -0.341 e. The van der Waals surface area contributed by atoms with Crippen LogP contribution in [0.4, 0.5) is 5.69 Å². The van der Waals surface area contributed by atoms with Gasteiger partial charge in [0.1, 0.15) is 6.54 Å². The van der Waals surface area contributed by atoms with Gasteiger partial charge in [0.2, 0.25) is 11.8 Å². The molecule has 160 valence electrons. The second-order valence-electron chi connectivity index (χ2n) is 8.12. The topological polar surface area (TPSA) is 58.4 Å². The molecular formula is C24H26N4O2S. The van der Waals surface area contributed by atoms with Crippen molar-refractivity contribution < 1.29 is 9.59 Å². The van der Waals surface area contributed by atoms with Crippen molar-refractivity contribution in [1.29, 1.82) is 0 Å². The monoisotopic (exact) mass is 434 g/mol. The molecule has 3 heterocycles. The van der Waals surface area contributed by atoms with Crippen LogP contribution in [0.25, 0.3) is 11.0 Å². The summed E-state index contributed by atoms with van der Waals surface area (Å²) in [4.78, 5) is 34.5. The maximum atomic E-state index is 13.0. The molecule has 1 fully saturated rings. The van der Waals surface area contributed by atoms with Gasteiger partial charge >= 0.3 is 0 Å². The molecule has 2 aliphatic heterocycles. The molecule has 0 radical (unpaired) electrons. The van der Waals surface area contributed by atoms with Crippen LogP contribution in [0.1, 0.15) is 24.8 Å². The average Bonchev–Trinajstić information content (AvgIpc) is 3.40. The molecule has 1 saturated heterocycles. The summed E-state index contributed by atoms with van der Waals surface area (Å²) in [6.07, 6.45) is 4.24. The number of fused-ring (bicyclic) bond motifs is 2. The van der Waals surface area contributed by atoms with Gasteiger partial charge in [0, 0.05) is 25.3 Å². The molecule has 0 unspecified atom stereocenters. The van der Waals surface area contributed by atoms with Crippen LogP contribution in [0.3, 0.4) is 0 Å². The van der Waals surface area contributed by atoms with E-state index < -0.39 is 0 Å². The third-order valence-electron chi connectivity index (χ3n) is 6.13. The molecule has 2 aromatic carbocycles. The Morgan fingerprint density at radius 3 is 2.55 bits per heavy atom. The highest BCUT2D eigenvalue weighted by Crippen LogP contribution is 2.30. The van der Waals surface area contributed by atoms with Gasteiger partial charge in [-0.3, -0.25) is 9.59 Å². The van der Waals surface area contributed by atoms with E-state index in [4.69, 9.17) is 4.98 Å². The quantitative estimate of drug-likeness (QED) is 0.574. The summed E-state index contributed by atoms with van der Waals surface area (Å²) >= 11 is 1.42. The van der Waals surface area contributed by atoms with Crippen molar-refractivity contribution in [2.24, 2.45) is 0 Å². The Hall–Kier alpha value is -2.80. The first-order valence-electron chi connectivity index (χ1n) is 10.9.